The Kier molecular flexibility index (Phi) is 5.46. The standard InChI is InChI=1S/C15H21N3O4/c1-2-16-6-8-17(9-7-16)15(20)14-4-3-13(18(21)22)11-12(14)5-10-19/h3-4,11,19H,2,5-10H2,1H3. The summed E-state index contributed by atoms with van der Waals surface area (Å²) in [6, 6.07) is 4.22. The maximum Gasteiger partial charge on any atom is 0.269 e. The molecule has 1 aromatic carbocycles. The molecule has 0 aromatic heterocycles. The van der Waals surface area contributed by atoms with Crippen molar-refractivity contribution in [3.63, 3.8) is 0 Å². The van der Waals surface area contributed by atoms with Crippen molar-refractivity contribution < 1.29 is 14.8 Å². The lowest BCUT2D eigenvalue weighted by Gasteiger charge is -2.34. The van der Waals surface area contributed by atoms with Crippen molar-refractivity contribution in [1.29, 1.82) is 0 Å². The van der Waals surface area contributed by atoms with E-state index in [0.29, 0.717) is 24.2 Å². The summed E-state index contributed by atoms with van der Waals surface area (Å²) in [6.07, 6.45) is 0.234. The molecule has 1 N–H and O–H groups in total. The third-order valence-corrected chi connectivity index (χ3v) is 4.02. The monoisotopic (exact) mass is 307 g/mol. The Balaban J connectivity index is 2.20. The highest BCUT2D eigenvalue weighted by atomic mass is 16.6. The van der Waals surface area contributed by atoms with Gasteiger partial charge in [-0.2, -0.15) is 0 Å². The molecule has 1 aliphatic heterocycles. The molecule has 0 saturated carbocycles. The fourth-order valence-electron chi connectivity index (χ4n) is 2.67. The minimum absolute atomic E-state index is 0.0594. The Morgan fingerprint density at radius 1 is 1.32 bits per heavy atom. The molecule has 1 amide bonds. The van der Waals surface area contributed by atoms with Crippen LogP contribution in [0.15, 0.2) is 18.2 Å². The van der Waals surface area contributed by atoms with Crippen LogP contribution in [0.1, 0.15) is 22.8 Å². The van der Waals surface area contributed by atoms with E-state index in [-0.39, 0.29) is 24.6 Å². The topological polar surface area (TPSA) is 86.9 Å². The number of amides is 1. The Morgan fingerprint density at radius 2 is 2.00 bits per heavy atom. The second-order valence-corrected chi connectivity index (χ2v) is 5.30. The minimum atomic E-state index is -0.491. The van der Waals surface area contributed by atoms with Crippen LogP contribution in [0.25, 0.3) is 0 Å². The van der Waals surface area contributed by atoms with E-state index in [2.05, 4.69) is 11.8 Å². The maximum atomic E-state index is 12.6. The van der Waals surface area contributed by atoms with Crippen LogP contribution in [-0.2, 0) is 6.42 Å². The first-order valence-electron chi connectivity index (χ1n) is 7.46. The number of nitrogens with zero attached hydrogens (tertiary/aromatic N) is 3. The number of nitro groups is 1. The van der Waals surface area contributed by atoms with Crippen molar-refractivity contribution >= 4 is 11.6 Å². The van der Waals surface area contributed by atoms with Gasteiger partial charge in [0.1, 0.15) is 0 Å². The number of aliphatic hydroxyl groups is 1. The van der Waals surface area contributed by atoms with Gasteiger partial charge in [0, 0.05) is 50.5 Å². The lowest BCUT2D eigenvalue weighted by molar-refractivity contribution is -0.384. The van der Waals surface area contributed by atoms with Gasteiger partial charge in [-0.15, -0.1) is 0 Å². The summed E-state index contributed by atoms with van der Waals surface area (Å²) in [5, 5.41) is 20.0. The molecule has 1 aromatic rings. The van der Waals surface area contributed by atoms with Gasteiger partial charge >= 0.3 is 0 Å². The zero-order valence-electron chi connectivity index (χ0n) is 12.7. The molecule has 1 saturated heterocycles. The summed E-state index contributed by atoms with van der Waals surface area (Å²) < 4.78 is 0. The smallest absolute Gasteiger partial charge is 0.269 e. The molecule has 2 rings (SSSR count). The normalized spacial score (nSPS) is 15.8. The number of non-ortho nitro benzene ring substituents is 1. The zero-order valence-corrected chi connectivity index (χ0v) is 12.7. The van der Waals surface area contributed by atoms with Crippen molar-refractivity contribution in [1.82, 2.24) is 9.80 Å². The Hall–Kier alpha value is -1.99. The lowest BCUT2D eigenvalue weighted by Crippen LogP contribution is -2.48. The number of rotatable bonds is 5. The molecule has 22 heavy (non-hydrogen) atoms. The largest absolute Gasteiger partial charge is 0.396 e. The van der Waals surface area contributed by atoms with E-state index in [9.17, 15) is 14.9 Å². The van der Waals surface area contributed by atoms with Crippen molar-refractivity contribution in [2.24, 2.45) is 0 Å². The van der Waals surface area contributed by atoms with Gasteiger partial charge in [0.2, 0.25) is 0 Å². The first kappa shape index (κ1) is 16.4. The number of hydrogen-bond donors (Lipinski definition) is 1. The molecule has 1 fully saturated rings. The molecule has 0 aliphatic carbocycles. The van der Waals surface area contributed by atoms with Crippen LogP contribution in [0.3, 0.4) is 0 Å². The Bertz CT molecular complexity index is 554. The summed E-state index contributed by atoms with van der Waals surface area (Å²) in [6.45, 7) is 5.90. The number of piperazine rings is 1. The van der Waals surface area contributed by atoms with Crippen molar-refractivity contribution in [2.75, 3.05) is 39.3 Å². The molecule has 7 heteroatoms. The van der Waals surface area contributed by atoms with E-state index in [1.54, 1.807) is 4.90 Å². The van der Waals surface area contributed by atoms with Crippen molar-refractivity contribution in [2.45, 2.75) is 13.3 Å². The maximum absolute atomic E-state index is 12.6. The Labute approximate surface area is 129 Å². The minimum Gasteiger partial charge on any atom is -0.396 e. The number of likely N-dealkylation sites (N-methyl/N-ethyl adjacent to an activating group) is 1. The van der Waals surface area contributed by atoms with Crippen molar-refractivity contribution in [3.05, 3.63) is 39.4 Å². The van der Waals surface area contributed by atoms with Crippen LogP contribution in [0.2, 0.25) is 0 Å². The zero-order chi connectivity index (χ0) is 16.1. The van der Waals surface area contributed by atoms with Crippen molar-refractivity contribution in [3.8, 4) is 0 Å². The molecule has 0 atom stereocenters. The summed E-state index contributed by atoms with van der Waals surface area (Å²) >= 11 is 0. The average molecular weight is 307 g/mol. The number of aliphatic hydroxyl groups excluding tert-OH is 1. The fraction of sp³-hybridized carbons (Fsp3) is 0.533. The van der Waals surface area contributed by atoms with Gasteiger partial charge in [0.05, 0.1) is 4.92 Å². The van der Waals surface area contributed by atoms with Gasteiger partial charge in [-0.3, -0.25) is 14.9 Å². The number of nitro benzene ring substituents is 1. The number of carbonyl (C=O) groups excluding carboxylic acids is 1. The molecular formula is C15H21N3O4. The quantitative estimate of drug-likeness (QED) is 0.645. The third-order valence-electron chi connectivity index (χ3n) is 4.02. The second kappa shape index (κ2) is 7.33. The SMILES string of the molecule is CCN1CCN(C(=O)c2ccc([N+](=O)[O-])cc2CCO)CC1. The third kappa shape index (κ3) is 3.61. The van der Waals surface area contributed by atoms with Crippen LogP contribution >= 0.6 is 0 Å². The highest BCUT2D eigenvalue weighted by molar-refractivity contribution is 5.96. The molecule has 0 bridgehead atoms. The van der Waals surface area contributed by atoms with E-state index in [1.165, 1.54) is 18.2 Å². The van der Waals surface area contributed by atoms with Gasteiger partial charge in [-0.25, -0.2) is 0 Å². The summed E-state index contributed by atoms with van der Waals surface area (Å²) in [7, 11) is 0. The molecule has 0 radical (unpaired) electrons. The molecule has 1 aliphatic rings. The van der Waals surface area contributed by atoms with Gasteiger partial charge in [0.15, 0.2) is 0 Å². The van der Waals surface area contributed by atoms with E-state index in [1.807, 2.05) is 0 Å². The second-order valence-electron chi connectivity index (χ2n) is 5.30. The van der Waals surface area contributed by atoms with Crippen LogP contribution in [0, 0.1) is 10.1 Å². The fourth-order valence-corrected chi connectivity index (χ4v) is 2.67. The first-order valence-corrected chi connectivity index (χ1v) is 7.46. The van der Waals surface area contributed by atoms with Gasteiger partial charge < -0.3 is 14.9 Å². The van der Waals surface area contributed by atoms with Gasteiger partial charge in [-0.1, -0.05) is 6.92 Å². The molecule has 0 unspecified atom stereocenters. The lowest BCUT2D eigenvalue weighted by atomic mass is 10.0. The van der Waals surface area contributed by atoms with Gasteiger partial charge in [-0.05, 0) is 24.6 Å². The molecule has 7 nitrogen and oxygen atoms in total. The summed E-state index contributed by atoms with van der Waals surface area (Å²) in [5.41, 5.74) is 0.917. The van der Waals surface area contributed by atoms with E-state index in [0.717, 1.165) is 19.6 Å². The highest BCUT2D eigenvalue weighted by Gasteiger charge is 2.24. The highest BCUT2D eigenvalue weighted by Crippen LogP contribution is 2.20. The average Bonchev–Trinajstić information content (AvgIpc) is 2.54. The predicted molar refractivity (Wildman–Crippen MR) is 81.9 cm³/mol. The number of carbonyl (C=O) groups is 1. The van der Waals surface area contributed by atoms with Gasteiger partial charge in [0.25, 0.3) is 11.6 Å². The first-order chi connectivity index (χ1) is 10.6. The van der Waals surface area contributed by atoms with E-state index in [4.69, 9.17) is 5.11 Å². The van der Waals surface area contributed by atoms with Crippen LogP contribution in [-0.4, -0.2) is 65.1 Å². The van der Waals surface area contributed by atoms with Crippen LogP contribution < -0.4 is 0 Å². The summed E-state index contributed by atoms with van der Waals surface area (Å²) in [5.74, 6) is -0.117. The van der Waals surface area contributed by atoms with Crippen LogP contribution in [0.4, 0.5) is 5.69 Å². The molecule has 120 valence electrons. The molecular weight excluding hydrogens is 286 g/mol. The Morgan fingerprint density at radius 3 is 2.55 bits per heavy atom. The number of benzene rings is 1. The molecule has 1 heterocycles. The summed E-state index contributed by atoms with van der Waals surface area (Å²) in [4.78, 5) is 27.0. The van der Waals surface area contributed by atoms with E-state index >= 15 is 0 Å². The molecule has 0 spiro atoms. The number of hydrogen-bond acceptors (Lipinski definition) is 5. The van der Waals surface area contributed by atoms with Crippen LogP contribution in [0.5, 0.6) is 0 Å². The predicted octanol–water partition coefficient (Wildman–Crippen LogP) is 0.907. The van der Waals surface area contributed by atoms with E-state index < -0.39 is 4.92 Å².